The van der Waals surface area contributed by atoms with Crippen LogP contribution in [0.4, 0.5) is 18.9 Å². The summed E-state index contributed by atoms with van der Waals surface area (Å²) < 4.78 is 39.6. The standard InChI is InChI=1S/C19H21F3N2O/c1-12-14(11-25)18(23-13-7-3-2-4-8-13)17(12)24-16-10-6-5-9-15(16)19(20,21)22/h5-6,9-11,13,23-25H,1-4,7-8H2/b14-11-. The normalized spacial score (nSPS) is 20.6. The fraction of sp³-hybridized carbons (Fsp3) is 0.368. The maximum Gasteiger partial charge on any atom is 0.418 e. The lowest BCUT2D eigenvalue weighted by Gasteiger charge is -2.35. The first-order valence-electron chi connectivity index (χ1n) is 8.40. The highest BCUT2D eigenvalue weighted by molar-refractivity contribution is 5.74. The number of benzene rings is 1. The van der Waals surface area contributed by atoms with Gasteiger partial charge in [0.05, 0.1) is 28.9 Å². The Morgan fingerprint density at radius 1 is 1.08 bits per heavy atom. The van der Waals surface area contributed by atoms with Gasteiger partial charge < -0.3 is 15.7 Å². The lowest BCUT2D eigenvalue weighted by molar-refractivity contribution is -0.136. The zero-order valence-electron chi connectivity index (χ0n) is 13.8. The van der Waals surface area contributed by atoms with Crippen molar-refractivity contribution in [3.63, 3.8) is 0 Å². The van der Waals surface area contributed by atoms with Crippen LogP contribution in [-0.4, -0.2) is 11.1 Å². The molecule has 134 valence electrons. The number of aliphatic hydroxyl groups is 1. The summed E-state index contributed by atoms with van der Waals surface area (Å²) in [6.07, 6.45) is 2.00. The van der Waals surface area contributed by atoms with Crippen molar-refractivity contribution >= 4 is 5.69 Å². The largest absolute Gasteiger partial charge is 0.515 e. The van der Waals surface area contributed by atoms with Crippen LogP contribution in [0.25, 0.3) is 0 Å². The Bertz CT molecular complexity index is 728. The quantitative estimate of drug-likeness (QED) is 0.649. The van der Waals surface area contributed by atoms with Crippen LogP contribution < -0.4 is 10.6 Å². The summed E-state index contributed by atoms with van der Waals surface area (Å²) in [6, 6.07) is 5.61. The van der Waals surface area contributed by atoms with Crippen LogP contribution in [0.1, 0.15) is 37.7 Å². The third-order valence-electron chi connectivity index (χ3n) is 4.72. The minimum atomic E-state index is -4.44. The molecule has 0 radical (unpaired) electrons. The molecule has 0 bridgehead atoms. The van der Waals surface area contributed by atoms with Crippen molar-refractivity contribution < 1.29 is 18.3 Å². The van der Waals surface area contributed by atoms with Crippen LogP contribution in [0.3, 0.4) is 0 Å². The molecule has 0 unspecified atom stereocenters. The van der Waals surface area contributed by atoms with Crippen molar-refractivity contribution in [2.45, 2.75) is 44.3 Å². The van der Waals surface area contributed by atoms with Gasteiger partial charge in [-0.2, -0.15) is 13.2 Å². The highest BCUT2D eigenvalue weighted by Crippen LogP contribution is 2.41. The number of nitrogens with one attached hydrogen (secondary N) is 2. The average molecular weight is 350 g/mol. The average Bonchev–Trinajstić information content (AvgIpc) is 2.60. The highest BCUT2D eigenvalue weighted by Gasteiger charge is 2.36. The molecule has 1 aromatic rings. The molecule has 3 N–H and O–H groups in total. The Hall–Kier alpha value is -2.37. The maximum absolute atomic E-state index is 13.2. The molecule has 0 saturated heterocycles. The van der Waals surface area contributed by atoms with E-state index in [1.807, 2.05) is 0 Å². The smallest absolute Gasteiger partial charge is 0.418 e. The summed E-state index contributed by atoms with van der Waals surface area (Å²) in [5, 5.41) is 15.6. The Kier molecular flexibility index (Phi) is 4.79. The minimum Gasteiger partial charge on any atom is -0.515 e. The summed E-state index contributed by atoms with van der Waals surface area (Å²) in [7, 11) is 0. The number of rotatable bonds is 4. The fourth-order valence-corrected chi connectivity index (χ4v) is 3.36. The minimum absolute atomic E-state index is 0.0221. The molecule has 1 saturated carbocycles. The molecule has 0 aromatic heterocycles. The first kappa shape index (κ1) is 17.5. The third kappa shape index (κ3) is 3.52. The van der Waals surface area contributed by atoms with Crippen molar-refractivity contribution in [1.82, 2.24) is 5.32 Å². The molecule has 0 atom stereocenters. The maximum atomic E-state index is 13.2. The van der Waals surface area contributed by atoms with Gasteiger partial charge in [0.2, 0.25) is 0 Å². The molecule has 3 nitrogen and oxygen atoms in total. The second kappa shape index (κ2) is 6.86. The Labute approximate surface area is 144 Å². The van der Waals surface area contributed by atoms with E-state index in [0.717, 1.165) is 38.0 Å². The van der Waals surface area contributed by atoms with Crippen LogP contribution in [-0.2, 0) is 6.18 Å². The Morgan fingerprint density at radius 2 is 1.76 bits per heavy atom. The second-order valence-corrected chi connectivity index (χ2v) is 6.42. The number of allylic oxidation sites excluding steroid dienone is 2. The molecule has 2 aliphatic rings. The van der Waals surface area contributed by atoms with Crippen molar-refractivity contribution in [3.8, 4) is 0 Å². The molecule has 2 aliphatic carbocycles. The van der Waals surface area contributed by atoms with Crippen molar-refractivity contribution in [1.29, 1.82) is 0 Å². The van der Waals surface area contributed by atoms with Gasteiger partial charge in [-0.15, -0.1) is 0 Å². The van der Waals surface area contributed by atoms with Gasteiger partial charge >= 0.3 is 6.18 Å². The van der Waals surface area contributed by atoms with Crippen molar-refractivity contribution in [2.24, 2.45) is 0 Å². The molecule has 0 amide bonds. The summed E-state index contributed by atoms with van der Waals surface area (Å²) in [5.74, 6) is 0. The molecule has 6 heteroatoms. The Morgan fingerprint density at radius 3 is 2.40 bits per heavy atom. The molecule has 0 heterocycles. The fourth-order valence-electron chi connectivity index (χ4n) is 3.36. The van der Waals surface area contributed by atoms with Gasteiger partial charge in [0.1, 0.15) is 0 Å². The molecule has 3 rings (SSSR count). The van der Waals surface area contributed by atoms with E-state index < -0.39 is 11.7 Å². The van der Waals surface area contributed by atoms with Crippen LogP contribution in [0.15, 0.2) is 59.6 Å². The first-order valence-corrected chi connectivity index (χ1v) is 8.40. The monoisotopic (exact) mass is 350 g/mol. The Balaban J connectivity index is 1.89. The molecule has 25 heavy (non-hydrogen) atoms. The summed E-state index contributed by atoms with van der Waals surface area (Å²) in [4.78, 5) is 0. The van der Waals surface area contributed by atoms with E-state index >= 15 is 0 Å². The zero-order valence-corrected chi connectivity index (χ0v) is 13.8. The van der Waals surface area contributed by atoms with Crippen LogP contribution in [0, 0.1) is 0 Å². The van der Waals surface area contributed by atoms with Gasteiger partial charge in [0.25, 0.3) is 0 Å². The highest BCUT2D eigenvalue weighted by atomic mass is 19.4. The predicted octanol–water partition coefficient (Wildman–Crippen LogP) is 5.26. The lowest BCUT2D eigenvalue weighted by atomic mass is 9.86. The van der Waals surface area contributed by atoms with E-state index in [1.54, 1.807) is 6.07 Å². The number of hydrogen-bond donors (Lipinski definition) is 3. The summed E-state index contributed by atoms with van der Waals surface area (Å²) in [6.45, 7) is 3.86. The zero-order chi connectivity index (χ0) is 18.0. The summed E-state index contributed by atoms with van der Waals surface area (Å²) >= 11 is 0. The van der Waals surface area contributed by atoms with E-state index in [-0.39, 0.29) is 11.7 Å². The molecular weight excluding hydrogens is 329 g/mol. The summed E-state index contributed by atoms with van der Waals surface area (Å²) in [5.41, 5.74) is 1.43. The van der Waals surface area contributed by atoms with E-state index in [9.17, 15) is 18.3 Å². The van der Waals surface area contributed by atoms with Gasteiger partial charge in [-0.25, -0.2) is 0 Å². The van der Waals surface area contributed by atoms with Crippen molar-refractivity contribution in [2.75, 3.05) is 5.32 Å². The van der Waals surface area contributed by atoms with Gasteiger partial charge in [-0.1, -0.05) is 38.0 Å². The molecule has 1 fully saturated rings. The van der Waals surface area contributed by atoms with Gasteiger partial charge in [-0.3, -0.25) is 0 Å². The van der Waals surface area contributed by atoms with Crippen LogP contribution in [0.5, 0.6) is 0 Å². The molecule has 1 aromatic carbocycles. The number of halogens is 3. The predicted molar refractivity (Wildman–Crippen MR) is 92.0 cm³/mol. The lowest BCUT2D eigenvalue weighted by Crippen LogP contribution is -2.37. The number of hydrogen-bond acceptors (Lipinski definition) is 3. The number of anilines is 1. The SMILES string of the molecule is C=C1C(Nc2ccccc2C(F)(F)F)=C(NC2CCCCC2)/C1=C\O. The van der Waals surface area contributed by atoms with Crippen LogP contribution in [0.2, 0.25) is 0 Å². The van der Waals surface area contributed by atoms with E-state index in [2.05, 4.69) is 17.2 Å². The van der Waals surface area contributed by atoms with E-state index in [0.29, 0.717) is 22.5 Å². The molecule has 0 spiro atoms. The number of aliphatic hydroxyl groups excluding tert-OH is 1. The van der Waals surface area contributed by atoms with Gasteiger partial charge in [0.15, 0.2) is 0 Å². The van der Waals surface area contributed by atoms with E-state index in [4.69, 9.17) is 0 Å². The van der Waals surface area contributed by atoms with Gasteiger partial charge in [0, 0.05) is 17.2 Å². The number of alkyl halides is 3. The van der Waals surface area contributed by atoms with Gasteiger partial charge in [-0.05, 0) is 25.0 Å². The number of para-hydroxylation sites is 1. The van der Waals surface area contributed by atoms with E-state index in [1.165, 1.54) is 18.6 Å². The second-order valence-electron chi connectivity index (χ2n) is 6.42. The van der Waals surface area contributed by atoms with Crippen LogP contribution >= 0.6 is 0 Å². The third-order valence-corrected chi connectivity index (χ3v) is 4.72. The molecule has 0 aliphatic heterocycles. The molecular formula is C19H21F3N2O. The topological polar surface area (TPSA) is 44.3 Å². The first-order chi connectivity index (χ1) is 11.9. The van der Waals surface area contributed by atoms with Crippen molar-refractivity contribution in [3.05, 3.63) is 65.2 Å².